The van der Waals surface area contributed by atoms with Crippen LogP contribution in [0.25, 0.3) is 0 Å². The number of nitrogens with one attached hydrogen (secondary N) is 3. The van der Waals surface area contributed by atoms with Gasteiger partial charge in [0.1, 0.15) is 18.1 Å². The van der Waals surface area contributed by atoms with E-state index in [1.807, 2.05) is 50.4 Å². The van der Waals surface area contributed by atoms with Gasteiger partial charge in [0.15, 0.2) is 0 Å². The molecule has 0 saturated heterocycles. The van der Waals surface area contributed by atoms with Gasteiger partial charge in [-0.15, -0.1) is 0 Å². The quantitative estimate of drug-likeness (QED) is 0.361. The summed E-state index contributed by atoms with van der Waals surface area (Å²) in [5.41, 5.74) is 0.818. The second-order valence-electron chi connectivity index (χ2n) is 7.81. The Morgan fingerprint density at radius 2 is 1.52 bits per heavy atom. The van der Waals surface area contributed by atoms with Crippen LogP contribution in [0, 0.1) is 5.92 Å². The van der Waals surface area contributed by atoms with Crippen molar-refractivity contribution in [2.45, 2.75) is 58.2 Å². The number of carboxylic acids is 1. The number of amides is 3. The molecule has 0 unspecified atom stereocenters. The topological polar surface area (TPSA) is 125 Å². The van der Waals surface area contributed by atoms with Crippen molar-refractivity contribution in [3.63, 3.8) is 0 Å². The third-order valence-electron chi connectivity index (χ3n) is 4.54. The summed E-state index contributed by atoms with van der Waals surface area (Å²) in [5, 5.41) is 17.3. The van der Waals surface area contributed by atoms with Gasteiger partial charge in [-0.2, -0.15) is 11.8 Å². The summed E-state index contributed by atoms with van der Waals surface area (Å²) in [6.07, 6.45) is 2.78. The largest absolute Gasteiger partial charge is 0.480 e. The van der Waals surface area contributed by atoms with Crippen LogP contribution in [0.2, 0.25) is 0 Å². The number of rotatable bonds is 13. The van der Waals surface area contributed by atoms with Crippen LogP contribution in [0.4, 0.5) is 0 Å². The summed E-state index contributed by atoms with van der Waals surface area (Å²) in [6, 6.07) is 6.34. The standard InChI is InChI=1S/C22H33N3O5S/c1-14(2)12-19(22(29)30)25-21(28)18(13-16-8-6-5-7-9-16)24-20(27)17(10-11-31-4)23-15(3)26/h5-9,14,17-19H,10-13H2,1-4H3,(H,23,26)(H,24,27)(H,25,28)(H,29,30)/t17-,18-,19-/m0/s1. The fraction of sp³-hybridized carbons (Fsp3) is 0.545. The molecule has 1 rings (SSSR count). The van der Waals surface area contributed by atoms with Crippen molar-refractivity contribution in [3.8, 4) is 0 Å². The molecule has 172 valence electrons. The van der Waals surface area contributed by atoms with Crippen molar-refractivity contribution >= 4 is 35.5 Å². The first-order valence-corrected chi connectivity index (χ1v) is 11.7. The lowest BCUT2D eigenvalue weighted by Gasteiger charge is -2.25. The number of carbonyl (C=O) groups excluding carboxylic acids is 3. The van der Waals surface area contributed by atoms with E-state index in [1.165, 1.54) is 6.92 Å². The second kappa shape index (κ2) is 13.7. The maximum absolute atomic E-state index is 13.0. The molecule has 4 N–H and O–H groups in total. The molecule has 9 heteroatoms. The van der Waals surface area contributed by atoms with E-state index in [4.69, 9.17) is 0 Å². The summed E-state index contributed by atoms with van der Waals surface area (Å²) >= 11 is 1.54. The Hall–Kier alpha value is -2.55. The van der Waals surface area contributed by atoms with E-state index in [2.05, 4.69) is 16.0 Å². The predicted octanol–water partition coefficient (Wildman–Crippen LogP) is 1.59. The van der Waals surface area contributed by atoms with Crippen LogP contribution in [0.5, 0.6) is 0 Å². The molecule has 0 spiro atoms. The number of thioether (sulfide) groups is 1. The third-order valence-corrected chi connectivity index (χ3v) is 5.19. The average molecular weight is 452 g/mol. The van der Waals surface area contributed by atoms with Crippen LogP contribution in [0.1, 0.15) is 39.2 Å². The minimum Gasteiger partial charge on any atom is -0.480 e. The predicted molar refractivity (Wildman–Crippen MR) is 122 cm³/mol. The van der Waals surface area contributed by atoms with Gasteiger partial charge in [0.05, 0.1) is 0 Å². The maximum atomic E-state index is 13.0. The molecule has 0 aromatic heterocycles. The molecular weight excluding hydrogens is 418 g/mol. The first-order chi connectivity index (χ1) is 14.6. The third kappa shape index (κ3) is 10.3. The Balaban J connectivity index is 3.03. The molecular formula is C22H33N3O5S. The van der Waals surface area contributed by atoms with Crippen LogP contribution >= 0.6 is 11.8 Å². The summed E-state index contributed by atoms with van der Waals surface area (Å²) in [7, 11) is 0. The monoisotopic (exact) mass is 451 g/mol. The molecule has 0 bridgehead atoms. The minimum atomic E-state index is -1.12. The van der Waals surface area contributed by atoms with Gasteiger partial charge >= 0.3 is 5.97 Å². The van der Waals surface area contributed by atoms with Crippen LogP contribution in [0.3, 0.4) is 0 Å². The molecule has 0 radical (unpaired) electrons. The van der Waals surface area contributed by atoms with Crippen molar-refractivity contribution in [1.29, 1.82) is 0 Å². The molecule has 3 atom stereocenters. The van der Waals surface area contributed by atoms with Crippen LogP contribution in [-0.4, -0.2) is 58.9 Å². The highest BCUT2D eigenvalue weighted by molar-refractivity contribution is 7.98. The Morgan fingerprint density at radius 1 is 0.935 bits per heavy atom. The van der Waals surface area contributed by atoms with Crippen LogP contribution in [0.15, 0.2) is 30.3 Å². The number of carboxylic acid groups (broad SMARTS) is 1. The minimum absolute atomic E-state index is 0.0688. The summed E-state index contributed by atoms with van der Waals surface area (Å²) in [5.74, 6) is -1.79. The molecule has 1 aromatic carbocycles. The molecule has 0 saturated carbocycles. The zero-order valence-electron chi connectivity index (χ0n) is 18.5. The van der Waals surface area contributed by atoms with Gasteiger partial charge in [0.25, 0.3) is 0 Å². The highest BCUT2D eigenvalue weighted by atomic mass is 32.2. The Kier molecular flexibility index (Phi) is 11.7. The van der Waals surface area contributed by atoms with Gasteiger partial charge in [-0.05, 0) is 36.3 Å². The second-order valence-corrected chi connectivity index (χ2v) is 8.80. The van der Waals surface area contributed by atoms with Crippen molar-refractivity contribution in [2.24, 2.45) is 5.92 Å². The van der Waals surface area contributed by atoms with Crippen molar-refractivity contribution < 1.29 is 24.3 Å². The molecule has 31 heavy (non-hydrogen) atoms. The Morgan fingerprint density at radius 3 is 2.03 bits per heavy atom. The van der Waals surface area contributed by atoms with E-state index in [1.54, 1.807) is 11.8 Å². The molecule has 0 heterocycles. The van der Waals surface area contributed by atoms with E-state index < -0.39 is 35.9 Å². The first-order valence-electron chi connectivity index (χ1n) is 10.3. The van der Waals surface area contributed by atoms with Gasteiger partial charge < -0.3 is 21.1 Å². The average Bonchev–Trinajstić information content (AvgIpc) is 2.70. The Bertz CT molecular complexity index is 742. The van der Waals surface area contributed by atoms with Gasteiger partial charge in [-0.3, -0.25) is 14.4 Å². The molecule has 0 fully saturated rings. The van der Waals surface area contributed by atoms with E-state index in [0.717, 1.165) is 5.56 Å². The normalized spacial score (nSPS) is 13.7. The first kappa shape index (κ1) is 26.5. The molecule has 0 aliphatic heterocycles. The highest BCUT2D eigenvalue weighted by Crippen LogP contribution is 2.09. The lowest BCUT2D eigenvalue weighted by atomic mass is 10.0. The van der Waals surface area contributed by atoms with Gasteiger partial charge in [-0.25, -0.2) is 4.79 Å². The zero-order valence-corrected chi connectivity index (χ0v) is 19.3. The fourth-order valence-corrected chi connectivity index (χ4v) is 3.52. The van der Waals surface area contributed by atoms with Crippen molar-refractivity contribution in [2.75, 3.05) is 12.0 Å². The van der Waals surface area contributed by atoms with E-state index in [0.29, 0.717) is 12.2 Å². The number of aliphatic carboxylic acids is 1. The SMILES string of the molecule is CSCC[C@H](NC(C)=O)C(=O)N[C@@H](Cc1ccccc1)C(=O)N[C@@H](CC(C)C)C(=O)O. The summed E-state index contributed by atoms with van der Waals surface area (Å²) in [4.78, 5) is 48.9. The van der Waals surface area contributed by atoms with Crippen LogP contribution in [-0.2, 0) is 25.6 Å². The van der Waals surface area contributed by atoms with Gasteiger partial charge in [0.2, 0.25) is 17.7 Å². The van der Waals surface area contributed by atoms with Gasteiger partial charge in [-0.1, -0.05) is 44.2 Å². The summed E-state index contributed by atoms with van der Waals surface area (Å²) < 4.78 is 0. The number of carbonyl (C=O) groups is 4. The number of hydrogen-bond donors (Lipinski definition) is 4. The number of hydrogen-bond acceptors (Lipinski definition) is 5. The number of benzene rings is 1. The smallest absolute Gasteiger partial charge is 0.326 e. The molecule has 8 nitrogen and oxygen atoms in total. The van der Waals surface area contributed by atoms with Crippen molar-refractivity contribution in [1.82, 2.24) is 16.0 Å². The van der Waals surface area contributed by atoms with E-state index in [9.17, 15) is 24.3 Å². The molecule has 0 aliphatic carbocycles. The highest BCUT2D eigenvalue weighted by Gasteiger charge is 2.29. The van der Waals surface area contributed by atoms with E-state index >= 15 is 0 Å². The lowest BCUT2D eigenvalue weighted by Crippen LogP contribution is -2.56. The van der Waals surface area contributed by atoms with Gasteiger partial charge in [0, 0.05) is 13.3 Å². The Labute approximate surface area is 187 Å². The molecule has 3 amide bonds. The van der Waals surface area contributed by atoms with Crippen molar-refractivity contribution in [3.05, 3.63) is 35.9 Å². The van der Waals surface area contributed by atoms with E-state index in [-0.39, 0.29) is 24.7 Å². The molecule has 0 aliphatic rings. The fourth-order valence-electron chi connectivity index (χ4n) is 3.05. The lowest BCUT2D eigenvalue weighted by molar-refractivity contribution is -0.142. The molecule has 1 aromatic rings. The summed E-state index contributed by atoms with van der Waals surface area (Å²) in [6.45, 7) is 5.07. The van der Waals surface area contributed by atoms with Crippen LogP contribution < -0.4 is 16.0 Å². The maximum Gasteiger partial charge on any atom is 0.326 e. The zero-order chi connectivity index (χ0) is 23.4.